The van der Waals surface area contributed by atoms with E-state index in [0.717, 1.165) is 11.1 Å². The Hall–Kier alpha value is -2.49. The van der Waals surface area contributed by atoms with E-state index in [9.17, 15) is 0 Å². The van der Waals surface area contributed by atoms with Crippen molar-refractivity contribution in [3.8, 4) is 11.4 Å². The van der Waals surface area contributed by atoms with Crippen molar-refractivity contribution in [1.82, 2.24) is 20.2 Å². The lowest BCUT2D eigenvalue weighted by Crippen LogP contribution is -2.05. The monoisotopic (exact) mass is 264 g/mol. The van der Waals surface area contributed by atoms with Gasteiger partial charge in [0.25, 0.3) is 0 Å². The Morgan fingerprint density at radius 3 is 2.35 bits per heavy atom. The lowest BCUT2D eigenvalue weighted by Gasteiger charge is -2.03. The zero-order valence-corrected chi connectivity index (χ0v) is 11.6. The average Bonchev–Trinajstić information content (AvgIpc) is 2.90. The molecule has 4 heteroatoms. The second kappa shape index (κ2) is 5.25. The lowest BCUT2D eigenvalue weighted by atomic mass is 10.1. The van der Waals surface area contributed by atoms with E-state index in [0.29, 0.717) is 12.4 Å². The zero-order valence-electron chi connectivity index (χ0n) is 11.6. The van der Waals surface area contributed by atoms with Crippen LogP contribution in [0.4, 0.5) is 0 Å². The minimum Gasteiger partial charge on any atom is -0.159 e. The molecule has 0 bridgehead atoms. The van der Waals surface area contributed by atoms with Crippen molar-refractivity contribution < 1.29 is 0 Å². The van der Waals surface area contributed by atoms with Gasteiger partial charge in [-0.1, -0.05) is 48.5 Å². The fourth-order valence-electron chi connectivity index (χ4n) is 2.18. The predicted molar refractivity (Wildman–Crippen MR) is 78.3 cm³/mol. The highest BCUT2D eigenvalue weighted by Crippen LogP contribution is 2.18. The summed E-state index contributed by atoms with van der Waals surface area (Å²) >= 11 is 0. The van der Waals surface area contributed by atoms with E-state index in [1.165, 1.54) is 11.1 Å². The molecule has 0 aliphatic rings. The highest BCUT2D eigenvalue weighted by molar-refractivity contribution is 5.58. The molecule has 2 aromatic carbocycles. The third-order valence-corrected chi connectivity index (χ3v) is 3.41. The number of tetrazole rings is 1. The van der Waals surface area contributed by atoms with Crippen molar-refractivity contribution in [2.24, 2.45) is 0 Å². The molecule has 0 aliphatic heterocycles. The van der Waals surface area contributed by atoms with E-state index < -0.39 is 0 Å². The molecule has 3 aromatic rings. The second-order valence-electron chi connectivity index (χ2n) is 4.88. The van der Waals surface area contributed by atoms with Crippen LogP contribution >= 0.6 is 0 Å². The number of benzene rings is 2. The van der Waals surface area contributed by atoms with Gasteiger partial charge >= 0.3 is 0 Å². The quantitative estimate of drug-likeness (QED) is 0.730. The Morgan fingerprint density at radius 2 is 1.60 bits per heavy atom. The molecule has 0 spiro atoms. The fraction of sp³-hybridized carbons (Fsp3) is 0.188. The second-order valence-corrected chi connectivity index (χ2v) is 4.88. The van der Waals surface area contributed by atoms with Crippen molar-refractivity contribution in [3.05, 3.63) is 65.2 Å². The third kappa shape index (κ3) is 2.45. The molecule has 0 unspecified atom stereocenters. The van der Waals surface area contributed by atoms with E-state index in [4.69, 9.17) is 0 Å². The fourth-order valence-corrected chi connectivity index (χ4v) is 2.18. The molecule has 0 fully saturated rings. The first kappa shape index (κ1) is 12.5. The molecule has 1 heterocycles. The minimum atomic E-state index is 0.644. The smallest absolute Gasteiger partial charge is 0.159 e. The zero-order chi connectivity index (χ0) is 13.9. The number of aryl methyl sites for hydroxylation is 2. The van der Waals surface area contributed by atoms with Crippen LogP contribution in [-0.2, 0) is 6.54 Å². The number of rotatable bonds is 3. The standard InChI is InChI=1S/C16H16N4/c1-12-7-3-5-9-14(12)11-20-18-16(17-19-20)15-10-6-4-8-13(15)2/h3-10H,11H2,1-2H3. The molecule has 0 saturated heterocycles. The van der Waals surface area contributed by atoms with Crippen LogP contribution < -0.4 is 0 Å². The summed E-state index contributed by atoms with van der Waals surface area (Å²) in [6.07, 6.45) is 0. The summed E-state index contributed by atoms with van der Waals surface area (Å²) in [4.78, 5) is 1.64. The Labute approximate surface area is 118 Å². The summed E-state index contributed by atoms with van der Waals surface area (Å²) in [6.45, 7) is 4.79. The molecule has 20 heavy (non-hydrogen) atoms. The van der Waals surface area contributed by atoms with Crippen LogP contribution in [0.3, 0.4) is 0 Å². The van der Waals surface area contributed by atoms with Crippen LogP contribution in [0.1, 0.15) is 16.7 Å². The first-order valence-corrected chi connectivity index (χ1v) is 6.62. The van der Waals surface area contributed by atoms with Gasteiger partial charge in [0.05, 0.1) is 6.54 Å². The molecule has 1 aromatic heterocycles. The molecule has 0 saturated carbocycles. The van der Waals surface area contributed by atoms with Crippen LogP contribution in [0.2, 0.25) is 0 Å². The van der Waals surface area contributed by atoms with Gasteiger partial charge < -0.3 is 0 Å². The van der Waals surface area contributed by atoms with Crippen LogP contribution in [-0.4, -0.2) is 20.2 Å². The van der Waals surface area contributed by atoms with Gasteiger partial charge in [-0.05, 0) is 35.8 Å². The molecular weight excluding hydrogens is 248 g/mol. The molecule has 0 aliphatic carbocycles. The molecule has 0 atom stereocenters. The van der Waals surface area contributed by atoms with Crippen LogP contribution in [0, 0.1) is 13.8 Å². The number of hydrogen-bond donors (Lipinski definition) is 0. The highest BCUT2D eigenvalue weighted by Gasteiger charge is 2.08. The largest absolute Gasteiger partial charge is 0.205 e. The Kier molecular flexibility index (Phi) is 3.29. The molecule has 0 radical (unpaired) electrons. The lowest BCUT2D eigenvalue weighted by molar-refractivity contribution is 0.571. The summed E-state index contributed by atoms with van der Waals surface area (Å²) < 4.78 is 0. The summed E-state index contributed by atoms with van der Waals surface area (Å²) in [5.41, 5.74) is 4.63. The maximum Gasteiger partial charge on any atom is 0.205 e. The topological polar surface area (TPSA) is 43.6 Å². The van der Waals surface area contributed by atoms with Gasteiger partial charge in [0.2, 0.25) is 5.82 Å². The number of nitrogens with zero attached hydrogens (tertiary/aromatic N) is 4. The van der Waals surface area contributed by atoms with Crippen molar-refractivity contribution >= 4 is 0 Å². The van der Waals surface area contributed by atoms with Crippen LogP contribution in [0.25, 0.3) is 11.4 Å². The Morgan fingerprint density at radius 1 is 0.900 bits per heavy atom. The van der Waals surface area contributed by atoms with Gasteiger partial charge in [0, 0.05) is 5.56 Å². The first-order valence-electron chi connectivity index (χ1n) is 6.62. The molecule has 0 amide bonds. The van der Waals surface area contributed by atoms with Gasteiger partial charge in [-0.2, -0.15) is 4.80 Å². The molecule has 3 rings (SSSR count). The normalized spacial score (nSPS) is 10.7. The van der Waals surface area contributed by atoms with E-state index in [1.54, 1.807) is 4.80 Å². The molecular formula is C16H16N4. The number of aromatic nitrogens is 4. The summed E-state index contributed by atoms with van der Waals surface area (Å²) in [5, 5.41) is 12.8. The van der Waals surface area contributed by atoms with Gasteiger partial charge in [0.1, 0.15) is 0 Å². The van der Waals surface area contributed by atoms with Crippen molar-refractivity contribution in [2.45, 2.75) is 20.4 Å². The maximum absolute atomic E-state index is 4.47. The van der Waals surface area contributed by atoms with Crippen molar-refractivity contribution in [1.29, 1.82) is 0 Å². The summed E-state index contributed by atoms with van der Waals surface area (Å²) in [5.74, 6) is 0.677. The SMILES string of the molecule is Cc1ccccc1Cn1nnc(-c2ccccc2C)n1. The van der Waals surface area contributed by atoms with Gasteiger partial charge in [0.15, 0.2) is 0 Å². The van der Waals surface area contributed by atoms with E-state index in [1.807, 2.05) is 30.3 Å². The van der Waals surface area contributed by atoms with E-state index >= 15 is 0 Å². The third-order valence-electron chi connectivity index (χ3n) is 3.41. The maximum atomic E-state index is 4.47. The van der Waals surface area contributed by atoms with Gasteiger partial charge in [-0.25, -0.2) is 0 Å². The van der Waals surface area contributed by atoms with E-state index in [2.05, 4.69) is 47.5 Å². The van der Waals surface area contributed by atoms with Crippen molar-refractivity contribution in [3.63, 3.8) is 0 Å². The molecule has 100 valence electrons. The van der Waals surface area contributed by atoms with Crippen LogP contribution in [0.5, 0.6) is 0 Å². The van der Waals surface area contributed by atoms with Gasteiger partial charge in [-0.3, -0.25) is 0 Å². The first-order chi connectivity index (χ1) is 9.74. The molecule has 0 N–H and O–H groups in total. The summed E-state index contributed by atoms with van der Waals surface area (Å²) in [7, 11) is 0. The number of hydrogen-bond acceptors (Lipinski definition) is 3. The van der Waals surface area contributed by atoms with Gasteiger partial charge in [-0.15, -0.1) is 10.2 Å². The molecule has 4 nitrogen and oxygen atoms in total. The summed E-state index contributed by atoms with van der Waals surface area (Å²) in [6, 6.07) is 16.3. The predicted octanol–water partition coefficient (Wildman–Crippen LogP) is 3.01. The van der Waals surface area contributed by atoms with Crippen LogP contribution in [0.15, 0.2) is 48.5 Å². The Balaban J connectivity index is 1.88. The Bertz CT molecular complexity index is 731. The highest BCUT2D eigenvalue weighted by atomic mass is 15.6. The average molecular weight is 264 g/mol. The minimum absolute atomic E-state index is 0.644. The van der Waals surface area contributed by atoms with E-state index in [-0.39, 0.29) is 0 Å². The van der Waals surface area contributed by atoms with Crippen molar-refractivity contribution in [2.75, 3.05) is 0 Å².